The van der Waals surface area contributed by atoms with Gasteiger partial charge >= 0.3 is 0 Å². The molecule has 3 aromatic carbocycles. The summed E-state index contributed by atoms with van der Waals surface area (Å²) in [6.07, 6.45) is 3.60. The van der Waals surface area contributed by atoms with Crippen LogP contribution in [0.4, 0.5) is 0 Å². The van der Waals surface area contributed by atoms with Crippen LogP contribution in [-0.2, 0) is 6.42 Å². The van der Waals surface area contributed by atoms with Gasteiger partial charge < -0.3 is 4.74 Å². The standard InChI is InChI=1S/C28H19Br2ClN2O2S/c1-35-26-16(12-17(29)14-21(26)30)13-23-27(34)33-25(19-8-4-5-9-22(19)31)20-11-10-15-6-2-3-7-18(15)24(20)32-28(33)36-23/h2-9,12-14,25H,10-11H2,1H3. The summed E-state index contributed by atoms with van der Waals surface area (Å²) in [4.78, 5) is 19.7. The molecular formula is C28H19Br2ClN2O2S. The number of aryl methyl sites for hydroxylation is 1. The number of rotatable bonds is 3. The zero-order chi connectivity index (χ0) is 25.0. The molecule has 1 aliphatic carbocycles. The molecule has 1 aliphatic heterocycles. The second-order valence-corrected chi connectivity index (χ2v) is 11.8. The Morgan fingerprint density at radius 3 is 2.69 bits per heavy atom. The average molecular weight is 643 g/mol. The summed E-state index contributed by atoms with van der Waals surface area (Å²) in [5.41, 5.74) is 6.11. The van der Waals surface area contributed by atoms with Gasteiger partial charge in [-0.05, 0) is 69.7 Å². The third kappa shape index (κ3) is 3.93. The van der Waals surface area contributed by atoms with Gasteiger partial charge in [0.25, 0.3) is 5.56 Å². The highest BCUT2D eigenvalue weighted by atomic mass is 79.9. The number of hydrogen-bond acceptors (Lipinski definition) is 4. The molecule has 0 fully saturated rings. The van der Waals surface area contributed by atoms with E-state index < -0.39 is 0 Å². The second-order valence-electron chi connectivity index (χ2n) is 8.65. The molecule has 0 amide bonds. The summed E-state index contributed by atoms with van der Waals surface area (Å²) in [6.45, 7) is 0. The van der Waals surface area contributed by atoms with Crippen LogP contribution in [0.15, 0.2) is 85.0 Å². The molecule has 0 bridgehead atoms. The molecule has 4 nitrogen and oxygen atoms in total. The van der Waals surface area contributed by atoms with Crippen LogP contribution < -0.4 is 19.6 Å². The fraction of sp³-hybridized carbons (Fsp3) is 0.143. The number of halogens is 3. The van der Waals surface area contributed by atoms with Gasteiger partial charge in [0.05, 0.1) is 27.9 Å². The average Bonchev–Trinajstić information content (AvgIpc) is 3.17. The maximum absolute atomic E-state index is 14.0. The lowest BCUT2D eigenvalue weighted by molar-refractivity contribution is 0.411. The summed E-state index contributed by atoms with van der Waals surface area (Å²) in [5.74, 6) is 0.667. The predicted molar refractivity (Wildman–Crippen MR) is 153 cm³/mol. The van der Waals surface area contributed by atoms with Gasteiger partial charge in [-0.3, -0.25) is 9.36 Å². The van der Waals surface area contributed by atoms with Crippen LogP contribution in [0.1, 0.15) is 34.7 Å². The Balaban J connectivity index is 1.65. The normalized spacial score (nSPS) is 16.8. The molecular weight excluding hydrogens is 624 g/mol. The largest absolute Gasteiger partial charge is 0.495 e. The van der Waals surface area contributed by atoms with Crippen LogP contribution in [0.5, 0.6) is 5.75 Å². The van der Waals surface area contributed by atoms with Crippen molar-refractivity contribution in [2.75, 3.05) is 7.11 Å². The van der Waals surface area contributed by atoms with E-state index in [0.717, 1.165) is 49.7 Å². The molecule has 8 heteroatoms. The minimum atomic E-state index is -0.309. The number of ether oxygens (including phenoxy) is 1. The zero-order valence-electron chi connectivity index (χ0n) is 19.1. The van der Waals surface area contributed by atoms with Crippen LogP contribution in [0, 0.1) is 0 Å². The number of fused-ring (bicyclic) bond motifs is 3. The number of nitrogens with zero attached hydrogens (tertiary/aromatic N) is 2. The Labute approximate surface area is 233 Å². The van der Waals surface area contributed by atoms with Gasteiger partial charge in [0, 0.05) is 20.6 Å². The van der Waals surface area contributed by atoms with Crippen LogP contribution in [0.2, 0.25) is 5.02 Å². The van der Waals surface area contributed by atoms with Gasteiger partial charge in [-0.25, -0.2) is 4.99 Å². The molecule has 4 aromatic rings. The number of aromatic nitrogens is 1. The van der Waals surface area contributed by atoms with Gasteiger partial charge in [-0.15, -0.1) is 0 Å². The SMILES string of the molecule is COc1c(Br)cc(Br)cc1C=c1sc2n(c1=O)C(c1ccccc1Cl)C1=C(N=2)c2ccccc2CC1. The molecule has 0 radical (unpaired) electrons. The maximum atomic E-state index is 14.0. The van der Waals surface area contributed by atoms with Crippen LogP contribution in [0.25, 0.3) is 11.8 Å². The monoisotopic (exact) mass is 640 g/mol. The van der Waals surface area contributed by atoms with Gasteiger partial charge in [0.1, 0.15) is 5.75 Å². The van der Waals surface area contributed by atoms with Crippen molar-refractivity contribution in [3.05, 3.63) is 122 Å². The summed E-state index contributed by atoms with van der Waals surface area (Å²) in [5, 5.41) is 0.641. The minimum absolute atomic E-state index is 0.0905. The number of benzene rings is 3. The molecule has 180 valence electrons. The van der Waals surface area contributed by atoms with E-state index in [0.29, 0.717) is 20.1 Å². The van der Waals surface area contributed by atoms with E-state index in [1.807, 2.05) is 53.1 Å². The van der Waals surface area contributed by atoms with Gasteiger partial charge in [0.2, 0.25) is 0 Å². The lowest BCUT2D eigenvalue weighted by atomic mass is 9.83. The first-order valence-electron chi connectivity index (χ1n) is 11.4. The fourth-order valence-corrected chi connectivity index (χ4v) is 7.69. The third-order valence-electron chi connectivity index (χ3n) is 6.60. The van der Waals surface area contributed by atoms with E-state index in [1.54, 1.807) is 7.11 Å². The summed E-state index contributed by atoms with van der Waals surface area (Å²) in [6, 6.07) is 19.7. The Morgan fingerprint density at radius 2 is 1.89 bits per heavy atom. The van der Waals surface area contributed by atoms with Crippen LogP contribution >= 0.6 is 54.8 Å². The van der Waals surface area contributed by atoms with Crippen LogP contribution in [-0.4, -0.2) is 11.7 Å². The van der Waals surface area contributed by atoms with E-state index in [1.165, 1.54) is 16.9 Å². The zero-order valence-corrected chi connectivity index (χ0v) is 23.8. The van der Waals surface area contributed by atoms with Crippen molar-refractivity contribution >= 4 is 66.6 Å². The van der Waals surface area contributed by atoms with Crippen molar-refractivity contribution in [2.24, 2.45) is 4.99 Å². The summed E-state index contributed by atoms with van der Waals surface area (Å²) >= 11 is 15.2. The molecule has 0 N–H and O–H groups in total. The molecule has 2 aliphatic rings. The molecule has 2 heterocycles. The van der Waals surface area contributed by atoms with Crippen LogP contribution in [0.3, 0.4) is 0 Å². The van der Waals surface area contributed by atoms with Crippen molar-refractivity contribution in [3.63, 3.8) is 0 Å². The van der Waals surface area contributed by atoms with Gasteiger partial charge in [-0.1, -0.05) is 81.3 Å². The van der Waals surface area contributed by atoms with E-state index in [4.69, 9.17) is 21.3 Å². The smallest absolute Gasteiger partial charge is 0.271 e. The summed E-state index contributed by atoms with van der Waals surface area (Å²) < 4.78 is 9.70. The lowest BCUT2D eigenvalue weighted by Crippen LogP contribution is -2.38. The van der Waals surface area contributed by atoms with Crippen molar-refractivity contribution in [1.29, 1.82) is 0 Å². The third-order valence-corrected chi connectivity index (χ3v) is 8.97. The number of methoxy groups -OCH3 is 1. The van der Waals surface area contributed by atoms with Gasteiger partial charge in [-0.2, -0.15) is 0 Å². The molecule has 0 spiro atoms. The highest BCUT2D eigenvalue weighted by Crippen LogP contribution is 2.42. The first-order valence-corrected chi connectivity index (χ1v) is 14.1. The quantitative estimate of drug-likeness (QED) is 0.256. The molecule has 1 unspecified atom stereocenters. The van der Waals surface area contributed by atoms with E-state index in [2.05, 4.69) is 50.1 Å². The Bertz CT molecular complexity index is 1760. The first kappa shape index (κ1) is 23.9. The molecule has 36 heavy (non-hydrogen) atoms. The molecule has 1 aromatic heterocycles. The van der Waals surface area contributed by atoms with E-state index in [9.17, 15) is 4.79 Å². The molecule has 0 saturated carbocycles. The maximum Gasteiger partial charge on any atom is 0.271 e. The fourth-order valence-electron chi connectivity index (χ4n) is 5.04. The number of thiazole rings is 1. The van der Waals surface area contributed by atoms with Gasteiger partial charge in [0.15, 0.2) is 4.80 Å². The molecule has 0 saturated heterocycles. The minimum Gasteiger partial charge on any atom is -0.495 e. The second kappa shape index (κ2) is 9.45. The predicted octanol–water partition coefficient (Wildman–Crippen LogP) is 6.51. The first-order chi connectivity index (χ1) is 17.5. The number of allylic oxidation sites excluding steroid dienone is 1. The van der Waals surface area contributed by atoms with Crippen molar-refractivity contribution in [3.8, 4) is 5.75 Å². The Hall–Kier alpha value is -2.45. The lowest BCUT2D eigenvalue weighted by Gasteiger charge is -2.31. The Morgan fingerprint density at radius 1 is 1.11 bits per heavy atom. The highest BCUT2D eigenvalue weighted by molar-refractivity contribution is 9.11. The van der Waals surface area contributed by atoms with Crippen molar-refractivity contribution < 1.29 is 4.74 Å². The van der Waals surface area contributed by atoms with Crippen molar-refractivity contribution in [2.45, 2.75) is 18.9 Å². The number of hydrogen-bond donors (Lipinski definition) is 0. The molecule has 6 rings (SSSR count). The summed E-state index contributed by atoms with van der Waals surface area (Å²) in [7, 11) is 1.62. The topological polar surface area (TPSA) is 43.6 Å². The van der Waals surface area contributed by atoms with E-state index in [-0.39, 0.29) is 11.6 Å². The molecule has 1 atom stereocenters. The Kier molecular flexibility index (Phi) is 6.28. The van der Waals surface area contributed by atoms with Crippen molar-refractivity contribution in [1.82, 2.24) is 4.57 Å². The van der Waals surface area contributed by atoms with E-state index >= 15 is 0 Å². The highest BCUT2D eigenvalue weighted by Gasteiger charge is 2.33.